The lowest BCUT2D eigenvalue weighted by atomic mass is 9.95. The molecule has 0 amide bonds. The summed E-state index contributed by atoms with van der Waals surface area (Å²) < 4.78 is 18.8. The average molecular weight is 224 g/mol. The maximum Gasteiger partial charge on any atom is 0.126 e. The van der Waals surface area contributed by atoms with E-state index in [4.69, 9.17) is 4.74 Å². The van der Waals surface area contributed by atoms with Crippen LogP contribution in [0.5, 0.6) is 5.75 Å². The molecule has 0 radical (unpaired) electrons. The normalized spacial score (nSPS) is 25.4. The van der Waals surface area contributed by atoms with Gasteiger partial charge in [0.05, 0.1) is 12.2 Å². The predicted molar refractivity (Wildman–Crippen MR) is 60.0 cm³/mol. The van der Waals surface area contributed by atoms with Crippen molar-refractivity contribution in [3.05, 3.63) is 29.6 Å². The molecule has 0 aliphatic heterocycles. The first-order valence-corrected chi connectivity index (χ1v) is 5.76. The number of aliphatic hydroxyl groups is 1. The second kappa shape index (κ2) is 4.83. The highest BCUT2D eigenvalue weighted by Crippen LogP contribution is 2.26. The van der Waals surface area contributed by atoms with Crippen LogP contribution in [-0.4, -0.2) is 17.3 Å². The van der Waals surface area contributed by atoms with Gasteiger partial charge in [-0.15, -0.1) is 0 Å². The summed E-state index contributed by atoms with van der Waals surface area (Å²) in [5.41, 5.74) is 0.951. The Morgan fingerprint density at radius 3 is 2.62 bits per heavy atom. The number of halogens is 1. The Morgan fingerprint density at radius 2 is 1.94 bits per heavy atom. The number of hydrogen-bond acceptors (Lipinski definition) is 2. The van der Waals surface area contributed by atoms with Crippen LogP contribution in [0.4, 0.5) is 4.39 Å². The Bertz CT molecular complexity index is 357. The molecule has 1 saturated carbocycles. The smallest absolute Gasteiger partial charge is 0.126 e. The maximum atomic E-state index is 13.0. The topological polar surface area (TPSA) is 29.5 Å². The summed E-state index contributed by atoms with van der Waals surface area (Å²) in [7, 11) is 0. The minimum absolute atomic E-state index is 0.115. The Kier molecular flexibility index (Phi) is 3.44. The average Bonchev–Trinajstić information content (AvgIpc) is 2.27. The molecule has 88 valence electrons. The summed E-state index contributed by atoms with van der Waals surface area (Å²) in [5, 5.41) is 9.38. The van der Waals surface area contributed by atoms with Gasteiger partial charge < -0.3 is 9.84 Å². The first-order chi connectivity index (χ1) is 7.65. The number of ether oxygens (including phenoxy) is 1. The second-order valence-electron chi connectivity index (χ2n) is 4.46. The van der Waals surface area contributed by atoms with E-state index in [1.165, 1.54) is 12.1 Å². The second-order valence-corrected chi connectivity index (χ2v) is 4.46. The highest BCUT2D eigenvalue weighted by molar-refractivity contribution is 5.32. The highest BCUT2D eigenvalue weighted by atomic mass is 19.1. The Hall–Kier alpha value is -1.09. The van der Waals surface area contributed by atoms with E-state index >= 15 is 0 Å². The fraction of sp³-hybridized carbons (Fsp3) is 0.538. The Labute approximate surface area is 95.1 Å². The molecule has 2 rings (SSSR count). The van der Waals surface area contributed by atoms with Crippen LogP contribution in [0.1, 0.15) is 31.2 Å². The molecule has 0 bridgehead atoms. The van der Waals surface area contributed by atoms with E-state index in [-0.39, 0.29) is 18.0 Å². The lowest BCUT2D eigenvalue weighted by Crippen LogP contribution is -2.26. The van der Waals surface area contributed by atoms with Crippen molar-refractivity contribution in [2.75, 3.05) is 0 Å². The predicted octanol–water partition coefficient (Wildman–Crippen LogP) is 2.82. The van der Waals surface area contributed by atoms with Gasteiger partial charge in [-0.05, 0) is 44.2 Å². The summed E-state index contributed by atoms with van der Waals surface area (Å²) in [5.74, 6) is 0.359. The number of benzene rings is 1. The van der Waals surface area contributed by atoms with E-state index in [9.17, 15) is 9.50 Å². The summed E-state index contributed by atoms with van der Waals surface area (Å²) in [6, 6.07) is 4.59. The molecule has 3 heteroatoms. The van der Waals surface area contributed by atoms with Crippen LogP contribution in [-0.2, 0) is 0 Å². The third-order valence-electron chi connectivity index (χ3n) is 3.09. The summed E-state index contributed by atoms with van der Waals surface area (Å²) in [6.07, 6.45) is 3.17. The van der Waals surface area contributed by atoms with Gasteiger partial charge in [0.2, 0.25) is 0 Å². The van der Waals surface area contributed by atoms with Gasteiger partial charge in [-0.2, -0.15) is 0 Å². The van der Waals surface area contributed by atoms with Crippen LogP contribution in [0.15, 0.2) is 18.2 Å². The molecule has 0 atom stereocenters. The molecule has 1 aliphatic carbocycles. The van der Waals surface area contributed by atoms with Crippen molar-refractivity contribution in [1.29, 1.82) is 0 Å². The Morgan fingerprint density at radius 1 is 1.25 bits per heavy atom. The Balaban J connectivity index is 2.00. The monoisotopic (exact) mass is 224 g/mol. The van der Waals surface area contributed by atoms with E-state index in [1.54, 1.807) is 6.07 Å². The van der Waals surface area contributed by atoms with Gasteiger partial charge >= 0.3 is 0 Å². The molecule has 0 saturated heterocycles. The molecule has 0 heterocycles. The lowest BCUT2D eigenvalue weighted by Gasteiger charge is -2.26. The van der Waals surface area contributed by atoms with Crippen molar-refractivity contribution in [2.45, 2.75) is 44.8 Å². The van der Waals surface area contributed by atoms with Crippen LogP contribution in [0.3, 0.4) is 0 Å². The zero-order valence-corrected chi connectivity index (χ0v) is 9.45. The van der Waals surface area contributed by atoms with Crippen molar-refractivity contribution in [3.8, 4) is 5.75 Å². The quantitative estimate of drug-likeness (QED) is 0.837. The highest BCUT2D eigenvalue weighted by Gasteiger charge is 2.21. The van der Waals surface area contributed by atoms with Crippen molar-refractivity contribution in [2.24, 2.45) is 0 Å². The van der Waals surface area contributed by atoms with Crippen LogP contribution >= 0.6 is 0 Å². The number of aliphatic hydroxyl groups excluding tert-OH is 1. The molecule has 2 nitrogen and oxygen atoms in total. The summed E-state index contributed by atoms with van der Waals surface area (Å²) in [4.78, 5) is 0. The lowest BCUT2D eigenvalue weighted by molar-refractivity contribution is 0.0661. The molecule has 1 fully saturated rings. The summed E-state index contributed by atoms with van der Waals surface area (Å²) >= 11 is 0. The van der Waals surface area contributed by atoms with Gasteiger partial charge in [0, 0.05) is 6.07 Å². The minimum atomic E-state index is -0.267. The number of rotatable bonds is 2. The van der Waals surface area contributed by atoms with Gasteiger partial charge in [-0.1, -0.05) is 6.07 Å². The number of aryl methyl sites for hydroxylation is 1. The zero-order valence-electron chi connectivity index (χ0n) is 9.45. The standard InChI is InChI=1S/C13H17FO2/c1-9-2-3-10(14)8-13(9)16-12-6-4-11(15)5-7-12/h2-3,8,11-12,15H,4-7H2,1H3/t11-,12-. The van der Waals surface area contributed by atoms with E-state index in [0.717, 1.165) is 31.2 Å². The molecular formula is C13H17FO2. The molecule has 1 N–H and O–H groups in total. The molecular weight excluding hydrogens is 207 g/mol. The molecule has 0 aromatic heterocycles. The largest absolute Gasteiger partial charge is 0.490 e. The summed E-state index contributed by atoms with van der Waals surface area (Å²) in [6.45, 7) is 1.91. The third-order valence-corrected chi connectivity index (χ3v) is 3.09. The minimum Gasteiger partial charge on any atom is -0.490 e. The van der Waals surface area contributed by atoms with Gasteiger partial charge in [0.1, 0.15) is 11.6 Å². The van der Waals surface area contributed by atoms with E-state index in [2.05, 4.69) is 0 Å². The molecule has 1 aliphatic rings. The fourth-order valence-corrected chi connectivity index (χ4v) is 2.04. The van der Waals surface area contributed by atoms with E-state index in [0.29, 0.717) is 5.75 Å². The third kappa shape index (κ3) is 2.73. The van der Waals surface area contributed by atoms with Crippen LogP contribution < -0.4 is 4.74 Å². The molecule has 1 aromatic carbocycles. The molecule has 1 aromatic rings. The SMILES string of the molecule is Cc1ccc(F)cc1O[C@H]1CC[C@H](O)CC1. The molecule has 16 heavy (non-hydrogen) atoms. The van der Waals surface area contributed by atoms with Crippen LogP contribution in [0.2, 0.25) is 0 Å². The van der Waals surface area contributed by atoms with Gasteiger partial charge in [0.25, 0.3) is 0 Å². The van der Waals surface area contributed by atoms with E-state index in [1.807, 2.05) is 6.92 Å². The maximum absolute atomic E-state index is 13.0. The first kappa shape index (κ1) is 11.4. The number of hydrogen-bond donors (Lipinski definition) is 1. The first-order valence-electron chi connectivity index (χ1n) is 5.76. The van der Waals surface area contributed by atoms with E-state index < -0.39 is 0 Å². The van der Waals surface area contributed by atoms with Crippen molar-refractivity contribution in [3.63, 3.8) is 0 Å². The fourth-order valence-electron chi connectivity index (χ4n) is 2.04. The zero-order chi connectivity index (χ0) is 11.5. The van der Waals surface area contributed by atoms with Gasteiger partial charge in [-0.3, -0.25) is 0 Å². The van der Waals surface area contributed by atoms with Crippen molar-refractivity contribution < 1.29 is 14.2 Å². The van der Waals surface area contributed by atoms with Crippen molar-refractivity contribution in [1.82, 2.24) is 0 Å². The molecule has 0 spiro atoms. The van der Waals surface area contributed by atoms with Crippen LogP contribution in [0, 0.1) is 12.7 Å². The van der Waals surface area contributed by atoms with Crippen LogP contribution in [0.25, 0.3) is 0 Å². The van der Waals surface area contributed by atoms with Crippen molar-refractivity contribution >= 4 is 0 Å². The van der Waals surface area contributed by atoms with Gasteiger partial charge in [0.15, 0.2) is 0 Å². The van der Waals surface area contributed by atoms with Gasteiger partial charge in [-0.25, -0.2) is 4.39 Å². The molecule has 0 unspecified atom stereocenters.